The number of nitrogens with zero attached hydrogens (tertiary/aromatic N) is 1. The van der Waals surface area contributed by atoms with Gasteiger partial charge >= 0.3 is 5.97 Å². The molecule has 4 rings (SSSR count). The van der Waals surface area contributed by atoms with Crippen molar-refractivity contribution in [2.24, 2.45) is 5.92 Å². The van der Waals surface area contributed by atoms with Gasteiger partial charge in [-0.05, 0) is 69.2 Å². The van der Waals surface area contributed by atoms with E-state index in [0.29, 0.717) is 0 Å². The van der Waals surface area contributed by atoms with Crippen LogP contribution in [-0.4, -0.2) is 42.2 Å². The molecule has 4 nitrogen and oxygen atoms in total. The number of benzene rings is 1. The van der Waals surface area contributed by atoms with Crippen molar-refractivity contribution < 1.29 is 14.6 Å². The van der Waals surface area contributed by atoms with Crippen molar-refractivity contribution in [3.05, 3.63) is 34.9 Å². The standard InChI is InChI=1S/C20H27NO3/c1-14-2-5-16-17(10-14)20(11-18(16)24-13-15-3-4-15)6-8-21(9-7-20)12-19(22)23/h2,5,10,15,18H,3-4,6-9,11-13H2,1H3,(H,22,23). The Hall–Kier alpha value is -1.39. The van der Waals surface area contributed by atoms with Gasteiger partial charge in [-0.1, -0.05) is 23.8 Å². The van der Waals surface area contributed by atoms with Crippen LogP contribution in [0.3, 0.4) is 0 Å². The van der Waals surface area contributed by atoms with Crippen molar-refractivity contribution in [3.8, 4) is 0 Å². The van der Waals surface area contributed by atoms with E-state index in [1.54, 1.807) is 0 Å². The first-order valence-corrected chi connectivity index (χ1v) is 9.22. The number of rotatable bonds is 5. The highest BCUT2D eigenvalue weighted by Gasteiger charge is 2.46. The molecule has 1 unspecified atom stereocenters. The molecule has 0 amide bonds. The molecule has 24 heavy (non-hydrogen) atoms. The zero-order valence-electron chi connectivity index (χ0n) is 14.5. The fraction of sp³-hybridized carbons (Fsp3) is 0.650. The summed E-state index contributed by atoms with van der Waals surface area (Å²) in [5.41, 5.74) is 4.35. The summed E-state index contributed by atoms with van der Waals surface area (Å²) in [5.74, 6) is 0.0622. The zero-order chi connectivity index (χ0) is 16.7. The van der Waals surface area contributed by atoms with E-state index >= 15 is 0 Å². The molecule has 130 valence electrons. The first-order valence-electron chi connectivity index (χ1n) is 9.22. The van der Waals surface area contributed by atoms with Crippen LogP contribution in [0.1, 0.15) is 54.9 Å². The van der Waals surface area contributed by atoms with E-state index in [2.05, 4.69) is 30.0 Å². The summed E-state index contributed by atoms with van der Waals surface area (Å²) in [4.78, 5) is 13.0. The maximum atomic E-state index is 11.0. The van der Waals surface area contributed by atoms with E-state index in [1.807, 2.05) is 0 Å². The van der Waals surface area contributed by atoms with Crippen molar-refractivity contribution in [3.63, 3.8) is 0 Å². The lowest BCUT2D eigenvalue weighted by Gasteiger charge is -2.39. The van der Waals surface area contributed by atoms with Crippen molar-refractivity contribution >= 4 is 5.97 Å². The molecule has 4 heteroatoms. The molecule has 1 atom stereocenters. The lowest BCUT2D eigenvalue weighted by Crippen LogP contribution is -2.43. The molecular weight excluding hydrogens is 302 g/mol. The van der Waals surface area contributed by atoms with Crippen LogP contribution < -0.4 is 0 Å². The first-order chi connectivity index (χ1) is 11.6. The molecule has 1 aromatic carbocycles. The smallest absolute Gasteiger partial charge is 0.317 e. The third-order valence-electron chi connectivity index (χ3n) is 6.11. The highest BCUT2D eigenvalue weighted by Crippen LogP contribution is 2.52. The van der Waals surface area contributed by atoms with Crippen molar-refractivity contribution in [2.75, 3.05) is 26.2 Å². The minimum atomic E-state index is -0.723. The van der Waals surface area contributed by atoms with Crippen LogP contribution in [0, 0.1) is 12.8 Å². The molecule has 1 saturated carbocycles. The molecule has 1 heterocycles. The van der Waals surface area contributed by atoms with Gasteiger partial charge in [0.05, 0.1) is 19.3 Å². The van der Waals surface area contributed by atoms with Gasteiger partial charge in [-0.3, -0.25) is 9.69 Å². The molecule has 2 aliphatic carbocycles. The SMILES string of the molecule is Cc1ccc2c(c1)C1(CCN(CC(=O)O)CC1)CC2OCC1CC1. The molecule has 1 aliphatic heterocycles. The number of likely N-dealkylation sites (tertiary alicyclic amines) is 1. The van der Waals surface area contributed by atoms with Crippen LogP contribution in [0.2, 0.25) is 0 Å². The third-order valence-corrected chi connectivity index (χ3v) is 6.11. The number of carboxylic acid groups (broad SMARTS) is 1. The summed E-state index contributed by atoms with van der Waals surface area (Å²) in [6, 6.07) is 6.81. The van der Waals surface area contributed by atoms with E-state index in [4.69, 9.17) is 9.84 Å². The molecule has 1 N–H and O–H groups in total. The van der Waals surface area contributed by atoms with Gasteiger partial charge in [0.2, 0.25) is 0 Å². The highest BCUT2D eigenvalue weighted by molar-refractivity contribution is 5.69. The Kier molecular flexibility index (Phi) is 4.13. The number of piperidine rings is 1. The number of aliphatic carboxylic acids is 1. The summed E-state index contributed by atoms with van der Waals surface area (Å²) >= 11 is 0. The van der Waals surface area contributed by atoms with Gasteiger partial charge in [0.25, 0.3) is 0 Å². The van der Waals surface area contributed by atoms with Crippen LogP contribution >= 0.6 is 0 Å². The Balaban J connectivity index is 1.53. The van der Waals surface area contributed by atoms with Gasteiger partial charge in [-0.15, -0.1) is 0 Å². The van der Waals surface area contributed by atoms with Crippen LogP contribution in [0.4, 0.5) is 0 Å². The van der Waals surface area contributed by atoms with E-state index in [0.717, 1.165) is 44.9 Å². The predicted molar refractivity (Wildman–Crippen MR) is 92.2 cm³/mol. The molecule has 1 spiro atoms. The molecule has 0 bridgehead atoms. The Morgan fingerprint density at radius 2 is 2.08 bits per heavy atom. The topological polar surface area (TPSA) is 49.8 Å². The Morgan fingerprint density at radius 1 is 1.33 bits per heavy atom. The summed E-state index contributed by atoms with van der Waals surface area (Å²) in [7, 11) is 0. The maximum Gasteiger partial charge on any atom is 0.317 e. The van der Waals surface area contributed by atoms with Gasteiger partial charge in [0.1, 0.15) is 0 Å². The molecule has 1 saturated heterocycles. The number of ether oxygens (including phenoxy) is 1. The summed E-state index contributed by atoms with van der Waals surface area (Å²) in [5, 5.41) is 9.02. The molecule has 2 fully saturated rings. The van der Waals surface area contributed by atoms with Gasteiger partial charge < -0.3 is 9.84 Å². The molecule has 1 aromatic rings. The third kappa shape index (κ3) is 3.09. The zero-order valence-corrected chi connectivity index (χ0v) is 14.5. The Bertz CT molecular complexity index is 630. The predicted octanol–water partition coefficient (Wildman–Crippen LogP) is 3.28. The second kappa shape index (κ2) is 6.16. The highest BCUT2D eigenvalue weighted by atomic mass is 16.5. The minimum Gasteiger partial charge on any atom is -0.480 e. The summed E-state index contributed by atoms with van der Waals surface area (Å²) in [6.45, 7) is 4.97. The van der Waals surface area contributed by atoms with Crippen LogP contribution in [-0.2, 0) is 14.9 Å². The average Bonchev–Trinajstić information content (AvgIpc) is 3.33. The minimum absolute atomic E-state index is 0.165. The second-order valence-corrected chi connectivity index (χ2v) is 8.01. The van der Waals surface area contributed by atoms with Crippen LogP contribution in [0.15, 0.2) is 18.2 Å². The fourth-order valence-corrected chi connectivity index (χ4v) is 4.47. The maximum absolute atomic E-state index is 11.0. The quantitative estimate of drug-likeness (QED) is 0.900. The van der Waals surface area contributed by atoms with Gasteiger partial charge in [0.15, 0.2) is 0 Å². The van der Waals surface area contributed by atoms with Crippen molar-refractivity contribution in [1.29, 1.82) is 0 Å². The number of carboxylic acids is 1. The van der Waals surface area contributed by atoms with E-state index in [1.165, 1.54) is 29.5 Å². The summed E-state index contributed by atoms with van der Waals surface area (Å²) < 4.78 is 6.30. The number of carbonyl (C=O) groups is 1. The van der Waals surface area contributed by atoms with Crippen LogP contribution in [0.5, 0.6) is 0 Å². The first kappa shape index (κ1) is 16.1. The number of hydrogen-bond acceptors (Lipinski definition) is 3. The van der Waals surface area contributed by atoms with Gasteiger partial charge in [-0.2, -0.15) is 0 Å². The van der Waals surface area contributed by atoms with E-state index < -0.39 is 5.97 Å². The molecular formula is C20H27NO3. The number of fused-ring (bicyclic) bond motifs is 2. The molecule has 0 radical (unpaired) electrons. The van der Waals surface area contributed by atoms with E-state index in [9.17, 15) is 4.79 Å². The lowest BCUT2D eigenvalue weighted by atomic mass is 9.73. The van der Waals surface area contributed by atoms with Crippen molar-refractivity contribution in [1.82, 2.24) is 4.90 Å². The van der Waals surface area contributed by atoms with Gasteiger partial charge in [0, 0.05) is 5.41 Å². The number of hydrogen-bond donors (Lipinski definition) is 1. The normalized spacial score (nSPS) is 25.8. The second-order valence-electron chi connectivity index (χ2n) is 8.01. The Labute approximate surface area is 143 Å². The molecule has 0 aromatic heterocycles. The monoisotopic (exact) mass is 329 g/mol. The fourth-order valence-electron chi connectivity index (χ4n) is 4.47. The average molecular weight is 329 g/mol. The lowest BCUT2D eigenvalue weighted by molar-refractivity contribution is -0.138. The molecule has 3 aliphatic rings. The van der Waals surface area contributed by atoms with Crippen molar-refractivity contribution in [2.45, 2.75) is 50.5 Å². The van der Waals surface area contributed by atoms with Crippen LogP contribution in [0.25, 0.3) is 0 Å². The number of aryl methyl sites for hydroxylation is 1. The van der Waals surface area contributed by atoms with Gasteiger partial charge in [-0.25, -0.2) is 0 Å². The largest absolute Gasteiger partial charge is 0.480 e. The van der Waals surface area contributed by atoms with E-state index in [-0.39, 0.29) is 18.1 Å². The summed E-state index contributed by atoms with van der Waals surface area (Å²) in [6.07, 6.45) is 6.03. The Morgan fingerprint density at radius 3 is 2.75 bits per heavy atom.